The minimum atomic E-state index is -4.50. The van der Waals surface area contributed by atoms with Crippen molar-refractivity contribution in [3.8, 4) is 0 Å². The van der Waals surface area contributed by atoms with E-state index in [2.05, 4.69) is 10.6 Å². The van der Waals surface area contributed by atoms with Crippen LogP contribution in [0, 0.1) is 0 Å². The molecular weight excluding hydrogens is 407 g/mol. The van der Waals surface area contributed by atoms with Crippen molar-refractivity contribution in [3.05, 3.63) is 29.8 Å². The molecule has 1 aliphatic heterocycles. The molecular formula is C16H23ClF3N3O3S. The van der Waals surface area contributed by atoms with Crippen LogP contribution in [0.3, 0.4) is 0 Å². The fourth-order valence-electron chi connectivity index (χ4n) is 2.81. The number of piperazine rings is 1. The highest BCUT2D eigenvalue weighted by atomic mass is 35.5. The fraction of sp³-hybridized carbons (Fsp3) is 0.562. The predicted molar refractivity (Wildman–Crippen MR) is 98.0 cm³/mol. The third kappa shape index (κ3) is 6.06. The van der Waals surface area contributed by atoms with Crippen molar-refractivity contribution in [3.63, 3.8) is 0 Å². The van der Waals surface area contributed by atoms with Crippen LogP contribution in [0.1, 0.15) is 17.3 Å². The van der Waals surface area contributed by atoms with Crippen LogP contribution in [-0.4, -0.2) is 69.9 Å². The van der Waals surface area contributed by atoms with E-state index in [4.69, 9.17) is 0 Å². The van der Waals surface area contributed by atoms with E-state index >= 15 is 0 Å². The zero-order valence-electron chi connectivity index (χ0n) is 14.8. The van der Waals surface area contributed by atoms with Crippen LogP contribution in [0.25, 0.3) is 0 Å². The normalized spacial score (nSPS) is 17.0. The van der Waals surface area contributed by atoms with Crippen LogP contribution >= 0.6 is 12.4 Å². The minimum absolute atomic E-state index is 0. The van der Waals surface area contributed by atoms with Crippen molar-refractivity contribution < 1.29 is 26.4 Å². The topological polar surface area (TPSA) is 78.5 Å². The summed E-state index contributed by atoms with van der Waals surface area (Å²) in [5.74, 6) is -1.04. The van der Waals surface area contributed by atoms with E-state index in [1.54, 1.807) is 0 Å². The van der Waals surface area contributed by atoms with Crippen molar-refractivity contribution in [1.82, 2.24) is 15.5 Å². The molecule has 0 bridgehead atoms. The van der Waals surface area contributed by atoms with Crippen molar-refractivity contribution in [2.75, 3.05) is 38.5 Å². The summed E-state index contributed by atoms with van der Waals surface area (Å²) in [4.78, 5) is 13.5. The summed E-state index contributed by atoms with van der Waals surface area (Å²) < 4.78 is 64.3. The highest BCUT2D eigenvalue weighted by Gasteiger charge is 2.44. The SMILES string of the molecule is CCS(=O)(=O)c1ccccc1C(=O)NCC(N1CCNCC1)C(F)(F)F.Cl. The molecule has 2 rings (SSSR count). The maximum absolute atomic E-state index is 13.4. The van der Waals surface area contributed by atoms with Gasteiger partial charge in [0, 0.05) is 32.7 Å². The second-order valence-electron chi connectivity index (χ2n) is 5.95. The Morgan fingerprint density at radius 3 is 2.41 bits per heavy atom. The zero-order valence-corrected chi connectivity index (χ0v) is 16.4. The van der Waals surface area contributed by atoms with Crippen LogP contribution in [-0.2, 0) is 9.84 Å². The van der Waals surface area contributed by atoms with Gasteiger partial charge in [-0.05, 0) is 12.1 Å². The van der Waals surface area contributed by atoms with E-state index in [-0.39, 0.29) is 41.7 Å². The van der Waals surface area contributed by atoms with Gasteiger partial charge in [-0.3, -0.25) is 9.69 Å². The number of hydrogen-bond donors (Lipinski definition) is 2. The van der Waals surface area contributed by atoms with Crippen LogP contribution in [0.2, 0.25) is 0 Å². The van der Waals surface area contributed by atoms with Gasteiger partial charge in [0.1, 0.15) is 6.04 Å². The maximum Gasteiger partial charge on any atom is 0.405 e. The fourth-order valence-corrected chi connectivity index (χ4v) is 3.90. The summed E-state index contributed by atoms with van der Waals surface area (Å²) in [7, 11) is -3.66. The zero-order chi connectivity index (χ0) is 19.4. The molecule has 1 saturated heterocycles. The Hall–Kier alpha value is -1.36. The Bertz CT molecular complexity index is 738. The molecule has 1 heterocycles. The molecule has 27 heavy (non-hydrogen) atoms. The van der Waals surface area contributed by atoms with Gasteiger partial charge in [0.05, 0.1) is 16.2 Å². The van der Waals surface area contributed by atoms with E-state index in [0.717, 1.165) is 0 Å². The van der Waals surface area contributed by atoms with E-state index in [1.807, 2.05) is 0 Å². The molecule has 11 heteroatoms. The molecule has 0 spiro atoms. The van der Waals surface area contributed by atoms with E-state index in [1.165, 1.54) is 36.1 Å². The lowest BCUT2D eigenvalue weighted by Crippen LogP contribution is -2.57. The molecule has 6 nitrogen and oxygen atoms in total. The molecule has 154 valence electrons. The molecule has 1 aromatic rings. The first-order valence-corrected chi connectivity index (χ1v) is 9.93. The molecule has 1 aromatic carbocycles. The highest BCUT2D eigenvalue weighted by molar-refractivity contribution is 7.91. The molecule has 1 unspecified atom stereocenters. The third-order valence-electron chi connectivity index (χ3n) is 4.27. The Labute approximate surface area is 162 Å². The van der Waals surface area contributed by atoms with Crippen LogP contribution in [0.15, 0.2) is 29.2 Å². The van der Waals surface area contributed by atoms with E-state index in [0.29, 0.717) is 13.1 Å². The quantitative estimate of drug-likeness (QED) is 0.716. The average molecular weight is 430 g/mol. The van der Waals surface area contributed by atoms with Crippen molar-refractivity contribution in [1.29, 1.82) is 0 Å². The number of nitrogens with one attached hydrogen (secondary N) is 2. The largest absolute Gasteiger partial charge is 0.405 e. The van der Waals surface area contributed by atoms with E-state index in [9.17, 15) is 26.4 Å². The number of halogens is 4. The molecule has 1 atom stereocenters. The number of benzene rings is 1. The Kier molecular flexibility index (Phi) is 8.52. The van der Waals surface area contributed by atoms with Gasteiger partial charge in [-0.15, -0.1) is 12.4 Å². The van der Waals surface area contributed by atoms with Gasteiger partial charge in [-0.25, -0.2) is 8.42 Å². The van der Waals surface area contributed by atoms with Gasteiger partial charge >= 0.3 is 6.18 Å². The standard InChI is InChI=1S/C16H22F3N3O3S.ClH/c1-2-26(24,25)13-6-4-3-5-12(13)15(23)21-11-14(16(17,18)19)22-9-7-20-8-10-22;/h3-6,14,20H,2,7-11H2,1H3,(H,21,23);1H. The predicted octanol–water partition coefficient (Wildman–Crippen LogP) is 1.47. The van der Waals surface area contributed by atoms with Gasteiger partial charge in [0.15, 0.2) is 9.84 Å². The number of carbonyl (C=O) groups excluding carboxylic acids is 1. The number of carbonyl (C=O) groups is 1. The van der Waals surface area contributed by atoms with Crippen LogP contribution in [0.4, 0.5) is 13.2 Å². The van der Waals surface area contributed by atoms with Crippen LogP contribution in [0.5, 0.6) is 0 Å². The summed E-state index contributed by atoms with van der Waals surface area (Å²) >= 11 is 0. The number of sulfone groups is 1. The maximum atomic E-state index is 13.4. The lowest BCUT2D eigenvalue weighted by atomic mass is 10.1. The first-order chi connectivity index (χ1) is 12.2. The van der Waals surface area contributed by atoms with E-state index < -0.39 is 34.5 Å². The Morgan fingerprint density at radius 2 is 1.85 bits per heavy atom. The molecule has 0 aliphatic carbocycles. The molecule has 0 aromatic heterocycles. The summed E-state index contributed by atoms with van der Waals surface area (Å²) in [5, 5.41) is 5.23. The second-order valence-corrected chi connectivity index (χ2v) is 8.20. The molecule has 0 radical (unpaired) electrons. The molecule has 2 N–H and O–H groups in total. The summed E-state index contributed by atoms with van der Waals surface area (Å²) in [5.41, 5.74) is -0.143. The number of nitrogens with zero attached hydrogens (tertiary/aromatic N) is 1. The van der Waals surface area contributed by atoms with Crippen molar-refractivity contribution >= 4 is 28.2 Å². The molecule has 1 amide bonds. The molecule has 0 saturated carbocycles. The summed E-state index contributed by atoms with van der Waals surface area (Å²) in [6.45, 7) is 2.13. The number of rotatable bonds is 6. The smallest absolute Gasteiger partial charge is 0.350 e. The Morgan fingerprint density at radius 1 is 1.26 bits per heavy atom. The van der Waals surface area contributed by atoms with Gasteiger partial charge in [0.2, 0.25) is 0 Å². The first-order valence-electron chi connectivity index (χ1n) is 8.28. The lowest BCUT2D eigenvalue weighted by Gasteiger charge is -2.35. The van der Waals surface area contributed by atoms with Gasteiger partial charge in [0.25, 0.3) is 5.91 Å². The monoisotopic (exact) mass is 429 g/mol. The van der Waals surface area contributed by atoms with Crippen molar-refractivity contribution in [2.45, 2.75) is 24.0 Å². The highest BCUT2D eigenvalue weighted by Crippen LogP contribution is 2.25. The van der Waals surface area contributed by atoms with Gasteiger partial charge < -0.3 is 10.6 Å². The number of alkyl halides is 3. The van der Waals surface area contributed by atoms with Gasteiger partial charge in [-0.2, -0.15) is 13.2 Å². The lowest BCUT2D eigenvalue weighted by molar-refractivity contribution is -0.183. The summed E-state index contributed by atoms with van der Waals surface area (Å²) in [6, 6.07) is 3.71. The molecule has 1 fully saturated rings. The Balaban J connectivity index is 0.00000364. The van der Waals surface area contributed by atoms with Crippen molar-refractivity contribution in [2.24, 2.45) is 0 Å². The number of amides is 1. The second kappa shape index (κ2) is 9.72. The first kappa shape index (κ1) is 23.7. The van der Waals surface area contributed by atoms with Crippen LogP contribution < -0.4 is 10.6 Å². The number of hydrogen-bond acceptors (Lipinski definition) is 5. The third-order valence-corrected chi connectivity index (χ3v) is 6.06. The molecule has 1 aliphatic rings. The minimum Gasteiger partial charge on any atom is -0.350 e. The van der Waals surface area contributed by atoms with Gasteiger partial charge in [-0.1, -0.05) is 19.1 Å². The average Bonchev–Trinajstić information content (AvgIpc) is 2.61. The summed E-state index contributed by atoms with van der Waals surface area (Å²) in [6.07, 6.45) is -4.50.